The molecule has 2 heterocycles. The predicted octanol–water partition coefficient (Wildman–Crippen LogP) is 2.17. The topological polar surface area (TPSA) is 52.7 Å². The van der Waals surface area contributed by atoms with Crippen molar-refractivity contribution in [2.75, 3.05) is 39.3 Å². The highest BCUT2D eigenvalue weighted by molar-refractivity contribution is 9.13. The van der Waals surface area contributed by atoms with Crippen molar-refractivity contribution in [3.05, 3.63) is 19.2 Å². The summed E-state index contributed by atoms with van der Waals surface area (Å²) in [6, 6.07) is 1.85. The molecule has 2 rings (SSSR count). The van der Waals surface area contributed by atoms with Crippen molar-refractivity contribution >= 4 is 55.0 Å². The van der Waals surface area contributed by atoms with Gasteiger partial charge in [0.2, 0.25) is 5.91 Å². The molecule has 1 saturated heterocycles. The summed E-state index contributed by atoms with van der Waals surface area (Å²) in [6.45, 7) is 5.75. The molecule has 8 heteroatoms. The van der Waals surface area contributed by atoms with Crippen LogP contribution in [0.25, 0.3) is 0 Å². The first kappa shape index (κ1) is 16.9. The second-order valence-electron chi connectivity index (χ2n) is 4.75. The number of thiophene rings is 1. The SMILES string of the molecule is CCNC(=O)CN1CCN(C(=O)c2cc(Br)c(Br)s2)CC1. The molecular weight excluding hydrogens is 422 g/mol. The maximum absolute atomic E-state index is 12.4. The summed E-state index contributed by atoms with van der Waals surface area (Å²) in [5.41, 5.74) is 0. The summed E-state index contributed by atoms with van der Waals surface area (Å²) in [6.07, 6.45) is 0. The Labute approximate surface area is 144 Å². The Morgan fingerprint density at radius 2 is 1.95 bits per heavy atom. The Morgan fingerprint density at radius 3 is 2.48 bits per heavy atom. The van der Waals surface area contributed by atoms with Crippen molar-refractivity contribution in [1.29, 1.82) is 0 Å². The number of nitrogens with one attached hydrogen (secondary N) is 1. The summed E-state index contributed by atoms with van der Waals surface area (Å²) in [7, 11) is 0. The van der Waals surface area contributed by atoms with Crippen LogP contribution in [0.2, 0.25) is 0 Å². The highest BCUT2D eigenvalue weighted by atomic mass is 79.9. The fourth-order valence-electron chi connectivity index (χ4n) is 2.17. The molecule has 1 fully saturated rings. The molecule has 1 aliphatic heterocycles. The average Bonchev–Trinajstić information content (AvgIpc) is 2.79. The maximum atomic E-state index is 12.4. The molecule has 1 aliphatic rings. The van der Waals surface area contributed by atoms with E-state index in [0.717, 1.165) is 26.2 Å². The van der Waals surface area contributed by atoms with Gasteiger partial charge in [-0.25, -0.2) is 0 Å². The number of piperazine rings is 1. The van der Waals surface area contributed by atoms with E-state index >= 15 is 0 Å². The van der Waals surface area contributed by atoms with Crippen LogP contribution in [0.5, 0.6) is 0 Å². The molecule has 0 aromatic carbocycles. The molecule has 1 aromatic heterocycles. The predicted molar refractivity (Wildman–Crippen MR) is 90.7 cm³/mol. The van der Waals surface area contributed by atoms with Gasteiger partial charge in [0.1, 0.15) is 0 Å². The Morgan fingerprint density at radius 1 is 1.29 bits per heavy atom. The van der Waals surface area contributed by atoms with E-state index in [1.807, 2.05) is 17.9 Å². The summed E-state index contributed by atoms with van der Waals surface area (Å²) < 4.78 is 1.84. The normalized spacial score (nSPS) is 16.0. The lowest BCUT2D eigenvalue weighted by Gasteiger charge is -2.34. The van der Waals surface area contributed by atoms with E-state index in [1.54, 1.807) is 0 Å². The Hall–Kier alpha value is -0.440. The molecule has 1 N–H and O–H groups in total. The molecule has 0 radical (unpaired) electrons. The summed E-state index contributed by atoms with van der Waals surface area (Å²) in [5.74, 6) is 0.104. The number of likely N-dealkylation sites (N-methyl/N-ethyl adjacent to an activating group) is 1. The van der Waals surface area contributed by atoms with Crippen molar-refractivity contribution in [3.8, 4) is 0 Å². The molecule has 0 saturated carbocycles. The number of carbonyl (C=O) groups excluding carboxylic acids is 2. The molecule has 5 nitrogen and oxygen atoms in total. The second kappa shape index (κ2) is 7.71. The van der Waals surface area contributed by atoms with Crippen molar-refractivity contribution in [1.82, 2.24) is 15.1 Å². The summed E-state index contributed by atoms with van der Waals surface area (Å²) >= 11 is 8.24. The minimum absolute atomic E-state index is 0.0448. The number of hydrogen-bond acceptors (Lipinski definition) is 4. The first-order valence-corrected chi connectivity index (χ1v) is 9.14. The van der Waals surface area contributed by atoms with Crippen LogP contribution >= 0.6 is 43.2 Å². The molecule has 0 atom stereocenters. The number of halogens is 2. The smallest absolute Gasteiger partial charge is 0.264 e. The summed E-state index contributed by atoms with van der Waals surface area (Å²) in [5, 5.41) is 2.79. The molecule has 0 bridgehead atoms. The van der Waals surface area contributed by atoms with Crippen LogP contribution in [0.4, 0.5) is 0 Å². The highest BCUT2D eigenvalue weighted by Gasteiger charge is 2.24. The zero-order chi connectivity index (χ0) is 15.4. The monoisotopic (exact) mass is 437 g/mol. The van der Waals surface area contributed by atoms with Gasteiger partial charge < -0.3 is 10.2 Å². The largest absolute Gasteiger partial charge is 0.355 e. The first-order valence-electron chi connectivity index (χ1n) is 6.74. The van der Waals surface area contributed by atoms with E-state index in [9.17, 15) is 9.59 Å². The summed E-state index contributed by atoms with van der Waals surface area (Å²) in [4.78, 5) is 28.6. The number of hydrogen-bond donors (Lipinski definition) is 1. The fraction of sp³-hybridized carbons (Fsp3) is 0.538. The second-order valence-corrected chi connectivity index (χ2v) is 7.98. The van der Waals surface area contributed by atoms with Crippen molar-refractivity contribution < 1.29 is 9.59 Å². The van der Waals surface area contributed by atoms with Crippen LogP contribution in [0.1, 0.15) is 16.6 Å². The standard InChI is InChI=1S/C13H17Br2N3O2S/c1-2-16-11(19)8-17-3-5-18(6-4-17)13(20)10-7-9(14)12(15)21-10/h7H,2-6,8H2,1H3,(H,16,19). The van der Waals surface area contributed by atoms with E-state index in [2.05, 4.69) is 42.1 Å². The van der Waals surface area contributed by atoms with E-state index < -0.39 is 0 Å². The third kappa shape index (κ3) is 4.51. The van der Waals surface area contributed by atoms with Crippen molar-refractivity contribution in [3.63, 3.8) is 0 Å². The Balaban J connectivity index is 1.86. The number of rotatable bonds is 4. The molecule has 0 aliphatic carbocycles. The van der Waals surface area contributed by atoms with E-state index in [1.165, 1.54) is 11.3 Å². The molecule has 116 valence electrons. The van der Waals surface area contributed by atoms with Crippen molar-refractivity contribution in [2.24, 2.45) is 0 Å². The van der Waals surface area contributed by atoms with Gasteiger partial charge >= 0.3 is 0 Å². The first-order chi connectivity index (χ1) is 10.0. The molecule has 0 spiro atoms. The Kier molecular flexibility index (Phi) is 6.21. The van der Waals surface area contributed by atoms with E-state index in [-0.39, 0.29) is 11.8 Å². The number of carbonyl (C=O) groups is 2. The highest BCUT2D eigenvalue weighted by Crippen LogP contribution is 2.33. The molecular formula is C13H17Br2N3O2S. The lowest BCUT2D eigenvalue weighted by molar-refractivity contribution is -0.122. The van der Waals surface area contributed by atoms with Gasteiger partial charge in [-0.3, -0.25) is 14.5 Å². The quantitative estimate of drug-likeness (QED) is 0.783. The minimum atomic E-state index is 0.0448. The maximum Gasteiger partial charge on any atom is 0.264 e. The van der Waals surface area contributed by atoms with Gasteiger partial charge in [-0.15, -0.1) is 11.3 Å². The van der Waals surface area contributed by atoms with Gasteiger partial charge in [0.05, 0.1) is 15.2 Å². The van der Waals surface area contributed by atoms with E-state index in [4.69, 9.17) is 0 Å². The van der Waals surface area contributed by atoms with Crippen LogP contribution in [0.3, 0.4) is 0 Å². The van der Waals surface area contributed by atoms with Crippen molar-refractivity contribution in [2.45, 2.75) is 6.92 Å². The van der Waals surface area contributed by atoms with Gasteiger partial charge in [-0.2, -0.15) is 0 Å². The van der Waals surface area contributed by atoms with Crippen LogP contribution in [0.15, 0.2) is 14.3 Å². The average molecular weight is 439 g/mol. The lowest BCUT2D eigenvalue weighted by atomic mass is 10.3. The molecule has 21 heavy (non-hydrogen) atoms. The van der Waals surface area contributed by atoms with Gasteiger partial charge in [0, 0.05) is 37.2 Å². The fourth-order valence-corrected chi connectivity index (χ4v) is 4.18. The van der Waals surface area contributed by atoms with Gasteiger partial charge in [0.25, 0.3) is 5.91 Å². The van der Waals surface area contributed by atoms with Crippen LogP contribution in [-0.4, -0.2) is 60.9 Å². The van der Waals surface area contributed by atoms with Crippen LogP contribution in [0, 0.1) is 0 Å². The van der Waals surface area contributed by atoms with Crippen LogP contribution in [-0.2, 0) is 4.79 Å². The zero-order valence-electron chi connectivity index (χ0n) is 11.7. The minimum Gasteiger partial charge on any atom is -0.355 e. The van der Waals surface area contributed by atoms with Gasteiger partial charge in [-0.1, -0.05) is 0 Å². The third-order valence-corrected chi connectivity index (χ3v) is 6.50. The number of amides is 2. The molecule has 2 amide bonds. The van der Waals surface area contributed by atoms with Gasteiger partial charge in [-0.05, 0) is 44.8 Å². The third-order valence-electron chi connectivity index (χ3n) is 3.26. The zero-order valence-corrected chi connectivity index (χ0v) is 15.7. The van der Waals surface area contributed by atoms with E-state index in [0.29, 0.717) is 26.2 Å². The molecule has 0 unspecified atom stereocenters. The van der Waals surface area contributed by atoms with Gasteiger partial charge in [0.15, 0.2) is 0 Å². The Bertz CT molecular complexity index is 508. The lowest BCUT2D eigenvalue weighted by Crippen LogP contribution is -2.51. The molecule has 1 aromatic rings. The van der Waals surface area contributed by atoms with Crippen LogP contribution < -0.4 is 5.32 Å². The number of nitrogens with zero attached hydrogens (tertiary/aromatic N) is 2.